The average Bonchev–Trinajstić information content (AvgIpc) is 2.45. The summed E-state index contributed by atoms with van der Waals surface area (Å²) in [6.07, 6.45) is 5.26. The van der Waals surface area contributed by atoms with Gasteiger partial charge in [0.15, 0.2) is 0 Å². The van der Waals surface area contributed by atoms with Crippen LogP contribution >= 0.6 is 0 Å². The van der Waals surface area contributed by atoms with Gasteiger partial charge in [0.1, 0.15) is 0 Å². The second-order valence-corrected chi connectivity index (χ2v) is 4.93. The van der Waals surface area contributed by atoms with Crippen LogP contribution in [0.4, 0.5) is 0 Å². The van der Waals surface area contributed by atoms with Crippen LogP contribution in [-0.4, -0.2) is 48.6 Å². The summed E-state index contributed by atoms with van der Waals surface area (Å²) in [7, 11) is 2.96. The molecule has 0 bridgehead atoms. The summed E-state index contributed by atoms with van der Waals surface area (Å²) in [5, 5.41) is 9.15. The average molecular weight is 283 g/mol. The first-order valence-electron chi connectivity index (χ1n) is 6.67. The molecule has 0 fully saturated rings. The van der Waals surface area contributed by atoms with Crippen LogP contribution < -0.4 is 0 Å². The normalized spacial score (nSPS) is 21.3. The SMILES string of the molecule is COC(=O)CCCN(C)C(=O)C1CC=CCC1C(=O)O. The minimum absolute atomic E-state index is 0.174. The number of methoxy groups -OCH3 is 1. The highest BCUT2D eigenvalue weighted by Crippen LogP contribution is 2.27. The second kappa shape index (κ2) is 7.67. The van der Waals surface area contributed by atoms with Crippen LogP contribution in [0, 0.1) is 11.8 Å². The molecule has 1 rings (SSSR count). The van der Waals surface area contributed by atoms with Crippen molar-refractivity contribution in [2.75, 3.05) is 20.7 Å². The number of hydrogen-bond acceptors (Lipinski definition) is 4. The van der Waals surface area contributed by atoms with Crippen molar-refractivity contribution in [3.05, 3.63) is 12.2 Å². The van der Waals surface area contributed by atoms with Gasteiger partial charge in [-0.1, -0.05) is 12.2 Å². The quantitative estimate of drug-likeness (QED) is 0.582. The van der Waals surface area contributed by atoms with Crippen molar-refractivity contribution in [3.63, 3.8) is 0 Å². The Hall–Kier alpha value is -1.85. The molecule has 112 valence electrons. The fourth-order valence-corrected chi connectivity index (χ4v) is 2.32. The van der Waals surface area contributed by atoms with E-state index < -0.39 is 17.8 Å². The van der Waals surface area contributed by atoms with E-state index in [-0.39, 0.29) is 18.3 Å². The van der Waals surface area contributed by atoms with Crippen molar-refractivity contribution in [2.45, 2.75) is 25.7 Å². The van der Waals surface area contributed by atoms with Crippen molar-refractivity contribution < 1.29 is 24.2 Å². The highest BCUT2D eigenvalue weighted by molar-refractivity contribution is 5.85. The lowest BCUT2D eigenvalue weighted by Gasteiger charge is -2.28. The smallest absolute Gasteiger partial charge is 0.307 e. The van der Waals surface area contributed by atoms with Gasteiger partial charge in [0.05, 0.1) is 18.9 Å². The molecule has 1 amide bonds. The zero-order chi connectivity index (χ0) is 15.1. The Morgan fingerprint density at radius 3 is 2.40 bits per heavy atom. The molecular weight excluding hydrogens is 262 g/mol. The first-order chi connectivity index (χ1) is 9.47. The van der Waals surface area contributed by atoms with E-state index in [0.29, 0.717) is 25.8 Å². The van der Waals surface area contributed by atoms with Gasteiger partial charge in [-0.3, -0.25) is 14.4 Å². The highest BCUT2D eigenvalue weighted by atomic mass is 16.5. The monoisotopic (exact) mass is 283 g/mol. The minimum Gasteiger partial charge on any atom is -0.481 e. The molecule has 6 heteroatoms. The molecule has 0 radical (unpaired) electrons. The van der Waals surface area contributed by atoms with E-state index in [1.54, 1.807) is 13.1 Å². The fourth-order valence-electron chi connectivity index (χ4n) is 2.32. The maximum Gasteiger partial charge on any atom is 0.307 e. The number of ether oxygens (including phenoxy) is 1. The number of aliphatic carboxylic acids is 1. The summed E-state index contributed by atoms with van der Waals surface area (Å²) < 4.78 is 4.53. The van der Waals surface area contributed by atoms with Crippen LogP contribution in [0.3, 0.4) is 0 Å². The van der Waals surface area contributed by atoms with Crippen molar-refractivity contribution in [1.29, 1.82) is 0 Å². The largest absolute Gasteiger partial charge is 0.481 e. The van der Waals surface area contributed by atoms with Crippen LogP contribution in [0.15, 0.2) is 12.2 Å². The molecule has 0 aliphatic heterocycles. The number of rotatable bonds is 6. The lowest BCUT2D eigenvalue weighted by molar-refractivity contribution is -0.150. The fraction of sp³-hybridized carbons (Fsp3) is 0.643. The summed E-state index contributed by atoms with van der Waals surface area (Å²) in [6, 6.07) is 0. The Morgan fingerprint density at radius 2 is 1.85 bits per heavy atom. The molecule has 1 aliphatic carbocycles. The molecule has 1 aliphatic rings. The lowest BCUT2D eigenvalue weighted by Crippen LogP contribution is -2.40. The van der Waals surface area contributed by atoms with Gasteiger partial charge in [-0.2, -0.15) is 0 Å². The Morgan fingerprint density at radius 1 is 1.25 bits per heavy atom. The van der Waals surface area contributed by atoms with Crippen LogP contribution in [0.25, 0.3) is 0 Å². The van der Waals surface area contributed by atoms with Crippen LogP contribution in [0.5, 0.6) is 0 Å². The molecule has 0 saturated carbocycles. The predicted molar refractivity (Wildman–Crippen MR) is 71.9 cm³/mol. The van der Waals surface area contributed by atoms with Gasteiger partial charge in [0.2, 0.25) is 5.91 Å². The molecule has 2 unspecified atom stereocenters. The Kier molecular flexibility index (Phi) is 6.21. The summed E-state index contributed by atoms with van der Waals surface area (Å²) in [5.41, 5.74) is 0. The van der Waals surface area contributed by atoms with Gasteiger partial charge in [0.25, 0.3) is 0 Å². The van der Waals surface area contributed by atoms with Gasteiger partial charge in [0, 0.05) is 20.0 Å². The summed E-state index contributed by atoms with van der Waals surface area (Å²) in [5.74, 6) is -2.59. The third-order valence-electron chi connectivity index (χ3n) is 3.55. The summed E-state index contributed by atoms with van der Waals surface area (Å²) >= 11 is 0. The molecule has 0 heterocycles. The maximum atomic E-state index is 12.3. The number of hydrogen-bond donors (Lipinski definition) is 1. The molecular formula is C14H21NO5. The van der Waals surface area contributed by atoms with Gasteiger partial charge in [-0.15, -0.1) is 0 Å². The summed E-state index contributed by atoms with van der Waals surface area (Å²) in [6.45, 7) is 0.417. The Bertz CT molecular complexity index is 404. The van der Waals surface area contributed by atoms with E-state index in [9.17, 15) is 14.4 Å². The first kappa shape index (κ1) is 16.2. The standard InChI is InChI=1S/C14H21NO5/c1-15(9-5-8-12(16)20-2)13(17)10-6-3-4-7-11(10)14(18)19/h3-4,10-11H,5-9H2,1-2H3,(H,18,19). The van der Waals surface area contributed by atoms with E-state index in [0.717, 1.165) is 0 Å². The predicted octanol–water partition coefficient (Wildman–Crippen LogP) is 1.06. The van der Waals surface area contributed by atoms with Crippen molar-refractivity contribution in [1.82, 2.24) is 4.90 Å². The lowest BCUT2D eigenvalue weighted by atomic mass is 9.82. The molecule has 20 heavy (non-hydrogen) atoms. The number of amides is 1. The topological polar surface area (TPSA) is 83.9 Å². The van der Waals surface area contributed by atoms with E-state index in [4.69, 9.17) is 5.11 Å². The summed E-state index contributed by atoms with van der Waals surface area (Å²) in [4.78, 5) is 35.9. The Balaban J connectivity index is 2.52. The van der Waals surface area contributed by atoms with E-state index >= 15 is 0 Å². The molecule has 0 aromatic carbocycles. The van der Waals surface area contributed by atoms with Crippen LogP contribution in [0.2, 0.25) is 0 Å². The van der Waals surface area contributed by atoms with Crippen molar-refractivity contribution in [3.8, 4) is 0 Å². The number of carbonyl (C=O) groups excluding carboxylic acids is 2. The van der Waals surface area contributed by atoms with Gasteiger partial charge < -0.3 is 14.7 Å². The molecule has 0 aromatic heterocycles. The number of carboxylic acid groups (broad SMARTS) is 1. The molecule has 0 spiro atoms. The molecule has 0 saturated heterocycles. The second-order valence-electron chi connectivity index (χ2n) is 4.93. The van der Waals surface area contributed by atoms with E-state index in [2.05, 4.69) is 4.74 Å². The van der Waals surface area contributed by atoms with Gasteiger partial charge in [-0.05, 0) is 19.3 Å². The van der Waals surface area contributed by atoms with Crippen LogP contribution in [-0.2, 0) is 19.1 Å². The number of allylic oxidation sites excluding steroid dienone is 2. The zero-order valence-electron chi connectivity index (χ0n) is 11.9. The third-order valence-corrected chi connectivity index (χ3v) is 3.55. The molecule has 2 atom stereocenters. The Labute approximate surface area is 118 Å². The van der Waals surface area contributed by atoms with Crippen molar-refractivity contribution >= 4 is 17.8 Å². The van der Waals surface area contributed by atoms with Gasteiger partial charge in [-0.25, -0.2) is 0 Å². The minimum atomic E-state index is -0.935. The maximum absolute atomic E-state index is 12.3. The first-order valence-corrected chi connectivity index (χ1v) is 6.67. The number of carbonyl (C=O) groups is 3. The van der Waals surface area contributed by atoms with Crippen LogP contribution in [0.1, 0.15) is 25.7 Å². The number of carboxylic acids is 1. The molecule has 0 aromatic rings. The third kappa shape index (κ3) is 4.36. The van der Waals surface area contributed by atoms with Gasteiger partial charge >= 0.3 is 11.9 Å². The van der Waals surface area contributed by atoms with E-state index in [1.807, 2.05) is 6.08 Å². The number of nitrogens with zero attached hydrogens (tertiary/aromatic N) is 1. The van der Waals surface area contributed by atoms with Crippen molar-refractivity contribution in [2.24, 2.45) is 11.8 Å². The van der Waals surface area contributed by atoms with E-state index in [1.165, 1.54) is 12.0 Å². The zero-order valence-corrected chi connectivity index (χ0v) is 11.9. The molecule has 6 nitrogen and oxygen atoms in total. The molecule has 1 N–H and O–H groups in total. The number of esters is 1. The highest BCUT2D eigenvalue weighted by Gasteiger charge is 2.35.